The fraction of sp³-hybridized carbons (Fsp3) is 0.323. The molecular weight excluding hydrogens is 1400 g/mol. The monoisotopic (exact) mass is 1500 g/mol. The first-order valence-electron chi connectivity index (χ1n) is 38.7. The maximum Gasteiger partial charge on any atom is 0.343 e. The van der Waals surface area contributed by atoms with Crippen LogP contribution in [-0.2, 0) is 14.2 Å². The van der Waals surface area contributed by atoms with Gasteiger partial charge < -0.3 is 42.6 Å². The molecule has 0 atom stereocenters. The molecule has 0 saturated heterocycles. The predicted octanol–water partition coefficient (Wildman–Crippen LogP) is 21.3. The normalized spacial score (nSPS) is 10.8. The summed E-state index contributed by atoms with van der Waals surface area (Å²) in [5.74, 6) is -0.523. The number of carbonyl (C=O) groups excluding carboxylic acids is 7. The van der Waals surface area contributed by atoms with Crippen LogP contribution in [0.15, 0.2) is 212 Å². The second-order valence-corrected chi connectivity index (χ2v) is 27.1. The molecule has 111 heavy (non-hydrogen) atoms. The van der Waals surface area contributed by atoms with Gasteiger partial charge in [-0.25, -0.2) is 28.8 Å². The molecule has 9 rings (SSSR count). The number of benzene rings is 9. The number of ether oxygens (including phenoxy) is 9. The highest BCUT2D eigenvalue weighted by Gasteiger charge is 2.20. The van der Waals surface area contributed by atoms with E-state index in [0.717, 1.165) is 170 Å². The summed E-state index contributed by atoms with van der Waals surface area (Å²) < 4.78 is 51.6. The molecule has 574 valence electrons. The highest BCUT2D eigenvalue weighted by atomic mass is 16.6. The average Bonchev–Trinajstić information content (AvgIpc) is 0.835. The first-order valence-corrected chi connectivity index (χ1v) is 38.7. The Hall–Kier alpha value is -12.2. The topological polar surface area (TPSA) is 250 Å². The van der Waals surface area contributed by atoms with Gasteiger partial charge in [-0.05, 0) is 212 Å². The van der Waals surface area contributed by atoms with Crippen LogP contribution in [0, 0.1) is 22.7 Å². The Kier molecular flexibility index (Phi) is 35.0. The highest BCUT2D eigenvalue weighted by Crippen LogP contribution is 2.28. The maximum absolute atomic E-state index is 13.6. The molecule has 0 aliphatic heterocycles. The molecular formula is C93H96N2O16. The number of rotatable bonds is 48. The van der Waals surface area contributed by atoms with Gasteiger partial charge in [-0.1, -0.05) is 176 Å². The quantitative estimate of drug-likeness (QED) is 0.0113. The van der Waals surface area contributed by atoms with Crippen LogP contribution in [0.1, 0.15) is 238 Å². The van der Waals surface area contributed by atoms with Gasteiger partial charge >= 0.3 is 35.8 Å². The molecule has 0 aromatic heterocycles. The zero-order chi connectivity index (χ0) is 77.9. The Morgan fingerprint density at radius 2 is 0.477 bits per heavy atom. The molecule has 0 amide bonds. The number of nitrogens with zero attached hydrogens (tertiary/aromatic N) is 2. The van der Waals surface area contributed by atoms with Crippen molar-refractivity contribution in [2.75, 3.05) is 39.6 Å². The molecule has 0 radical (unpaired) electrons. The maximum atomic E-state index is 13.6. The summed E-state index contributed by atoms with van der Waals surface area (Å²) >= 11 is 0. The van der Waals surface area contributed by atoms with Gasteiger partial charge in [-0.2, -0.15) is 10.5 Å². The molecule has 0 aliphatic rings. The number of nitriles is 2. The SMILES string of the molecule is N#Cc1ccc(-c2ccc(OC(=O)c3ccc(OCCCCCCCCCCOC(=O)c4cc(OC(=O)c5ccc(OCCCCCCCCCCOC(=O)c6ccc(C=O)cc6)cc5)cc(C(=O)OCCCCCCCCCCOc5ccc(C(=O)Oc6ccc(-c7ccc(C#N)cc7)cc6)cc5)c4)cc3)cc2)cc1. The smallest absolute Gasteiger partial charge is 0.343 e. The second-order valence-electron chi connectivity index (χ2n) is 27.1. The molecule has 0 fully saturated rings. The molecule has 0 heterocycles. The van der Waals surface area contributed by atoms with Crippen molar-refractivity contribution in [1.82, 2.24) is 0 Å². The van der Waals surface area contributed by atoms with E-state index in [1.54, 1.807) is 146 Å². The van der Waals surface area contributed by atoms with E-state index in [1.807, 2.05) is 48.5 Å². The van der Waals surface area contributed by atoms with Crippen molar-refractivity contribution in [3.63, 3.8) is 0 Å². The minimum atomic E-state index is -0.687. The molecule has 0 unspecified atom stereocenters. The molecule has 9 aromatic carbocycles. The number of carbonyl (C=O) groups is 7. The Morgan fingerprint density at radius 3 is 0.766 bits per heavy atom. The summed E-state index contributed by atoms with van der Waals surface area (Å²) in [6.07, 6.45) is 23.7. The Balaban J connectivity index is 0.636. The van der Waals surface area contributed by atoms with Gasteiger partial charge in [0, 0.05) is 5.56 Å². The van der Waals surface area contributed by atoms with Crippen molar-refractivity contribution in [2.45, 2.75) is 154 Å². The van der Waals surface area contributed by atoms with Crippen LogP contribution >= 0.6 is 0 Å². The molecule has 0 saturated carbocycles. The van der Waals surface area contributed by atoms with Crippen molar-refractivity contribution in [3.8, 4) is 68.9 Å². The van der Waals surface area contributed by atoms with Gasteiger partial charge in [0.15, 0.2) is 0 Å². The lowest BCUT2D eigenvalue weighted by atomic mass is 10.0. The number of unbranched alkanes of at least 4 members (excludes halogenated alkanes) is 21. The van der Waals surface area contributed by atoms with E-state index in [1.165, 1.54) is 18.2 Å². The first-order chi connectivity index (χ1) is 54.4. The van der Waals surface area contributed by atoms with Crippen molar-refractivity contribution < 1.29 is 76.2 Å². The van der Waals surface area contributed by atoms with E-state index >= 15 is 0 Å². The van der Waals surface area contributed by atoms with Crippen molar-refractivity contribution in [3.05, 3.63) is 262 Å². The number of aldehydes is 1. The summed E-state index contributed by atoms with van der Waals surface area (Å²) in [6.45, 7) is 2.33. The predicted molar refractivity (Wildman–Crippen MR) is 424 cm³/mol. The lowest BCUT2D eigenvalue weighted by Crippen LogP contribution is -2.13. The van der Waals surface area contributed by atoms with Crippen LogP contribution in [0.5, 0.6) is 34.5 Å². The van der Waals surface area contributed by atoms with Crippen molar-refractivity contribution in [2.24, 2.45) is 0 Å². The van der Waals surface area contributed by atoms with Crippen LogP contribution in [0.2, 0.25) is 0 Å². The number of esters is 6. The van der Waals surface area contributed by atoms with Crippen LogP contribution in [0.3, 0.4) is 0 Å². The van der Waals surface area contributed by atoms with Gasteiger partial charge in [-0.3, -0.25) is 4.79 Å². The van der Waals surface area contributed by atoms with Gasteiger partial charge in [-0.15, -0.1) is 0 Å². The number of hydrogen-bond donors (Lipinski definition) is 0. The minimum Gasteiger partial charge on any atom is -0.494 e. The van der Waals surface area contributed by atoms with E-state index in [0.29, 0.717) is 101 Å². The Morgan fingerprint density at radius 1 is 0.243 bits per heavy atom. The third-order valence-electron chi connectivity index (χ3n) is 18.6. The fourth-order valence-electron chi connectivity index (χ4n) is 12.2. The summed E-state index contributed by atoms with van der Waals surface area (Å²) in [7, 11) is 0. The van der Waals surface area contributed by atoms with E-state index in [2.05, 4.69) is 12.1 Å². The van der Waals surface area contributed by atoms with Crippen LogP contribution in [0.4, 0.5) is 0 Å². The Bertz CT molecular complexity index is 4260. The zero-order valence-electron chi connectivity index (χ0n) is 62.9. The van der Waals surface area contributed by atoms with Crippen molar-refractivity contribution >= 4 is 42.1 Å². The molecule has 9 aromatic rings. The van der Waals surface area contributed by atoms with Gasteiger partial charge in [0.1, 0.15) is 40.8 Å². The third kappa shape index (κ3) is 29.4. The summed E-state index contributed by atoms with van der Waals surface area (Å²) in [6, 6.07) is 64.2. The van der Waals surface area contributed by atoms with Crippen LogP contribution < -0.4 is 28.4 Å². The van der Waals surface area contributed by atoms with E-state index in [4.69, 9.17) is 53.2 Å². The van der Waals surface area contributed by atoms with Gasteiger partial charge in [0.25, 0.3) is 0 Å². The van der Waals surface area contributed by atoms with Crippen LogP contribution in [-0.4, -0.2) is 81.7 Å². The third-order valence-corrected chi connectivity index (χ3v) is 18.6. The largest absolute Gasteiger partial charge is 0.494 e. The standard InChI is InChI=1S/C93H96N2O16/c94-66-69-25-31-72(32-26-69)74-37-53-85(54-38-74)109-91(100)77-41-47-82(48-42-77)103-57-19-14-8-2-5-11-17-23-61-107-89(98)80-63-81(65-87(64-80)111-93(102)79-45-51-84(52-46-79)105-59-21-13-7-1-4-10-16-22-60-106-88(97)76-35-29-71(68-96)30-36-76)90(99)108-62-24-18-12-6-3-9-15-20-58-104-83-49-43-78(44-50-83)92(101)110-86-55-39-75(40-56-86)73-33-27-70(67-95)28-34-73/h25-56,63-65,68H,1-24,57-62H2. The van der Waals surface area contributed by atoms with Gasteiger partial charge in [0.05, 0.1) is 96.3 Å². The molecule has 0 spiro atoms. The Labute approximate surface area is 650 Å². The lowest BCUT2D eigenvalue weighted by molar-refractivity contribution is 0.0482. The molecule has 18 heteroatoms. The first kappa shape index (κ1) is 82.9. The molecule has 0 aliphatic carbocycles. The lowest BCUT2D eigenvalue weighted by Gasteiger charge is -2.11. The summed E-state index contributed by atoms with van der Waals surface area (Å²) in [5, 5.41) is 18.2. The van der Waals surface area contributed by atoms with Gasteiger partial charge in [0.2, 0.25) is 0 Å². The molecule has 0 bridgehead atoms. The van der Waals surface area contributed by atoms with Crippen LogP contribution in [0.25, 0.3) is 22.3 Å². The molecule has 0 N–H and O–H groups in total. The zero-order valence-corrected chi connectivity index (χ0v) is 62.9. The van der Waals surface area contributed by atoms with Crippen molar-refractivity contribution in [1.29, 1.82) is 10.5 Å². The van der Waals surface area contributed by atoms with E-state index < -0.39 is 29.8 Å². The summed E-state index contributed by atoms with van der Waals surface area (Å²) in [5.41, 5.74) is 7.08. The minimum absolute atomic E-state index is 0.00805. The number of hydrogen-bond acceptors (Lipinski definition) is 18. The van der Waals surface area contributed by atoms with E-state index in [-0.39, 0.29) is 41.6 Å². The summed E-state index contributed by atoms with van der Waals surface area (Å²) in [4.78, 5) is 89.6. The second kappa shape index (κ2) is 46.9. The highest BCUT2D eigenvalue weighted by molar-refractivity contribution is 5.98. The molecule has 18 nitrogen and oxygen atoms in total. The average molecular weight is 1500 g/mol. The van der Waals surface area contributed by atoms with E-state index in [9.17, 15) is 33.6 Å². The fourth-order valence-corrected chi connectivity index (χ4v) is 12.2.